The molecule has 122 valence electrons. The van der Waals surface area contributed by atoms with Gasteiger partial charge in [-0.2, -0.15) is 0 Å². The van der Waals surface area contributed by atoms with E-state index in [2.05, 4.69) is 5.32 Å². The molecule has 2 aromatic rings. The highest BCUT2D eigenvalue weighted by molar-refractivity contribution is 6.31. The van der Waals surface area contributed by atoms with E-state index < -0.39 is 0 Å². The summed E-state index contributed by atoms with van der Waals surface area (Å²) in [6.45, 7) is 1.94. The molecule has 4 heteroatoms. The SMILES string of the molecule is CCC(CC=C1C(=O)Nc2ccccc21)C(=O)Oc1ccccc1. The Kier molecular flexibility index (Phi) is 4.75. The quantitative estimate of drug-likeness (QED) is 0.513. The van der Waals surface area contributed by atoms with E-state index >= 15 is 0 Å². The van der Waals surface area contributed by atoms with E-state index in [4.69, 9.17) is 4.74 Å². The lowest BCUT2D eigenvalue weighted by Crippen LogP contribution is -2.19. The molecule has 0 radical (unpaired) electrons. The number of nitrogens with one attached hydrogen (secondary N) is 1. The Morgan fingerprint density at radius 1 is 1.12 bits per heavy atom. The average Bonchev–Trinajstić information content (AvgIpc) is 2.92. The normalized spacial score (nSPS) is 15.7. The molecule has 3 rings (SSSR count). The monoisotopic (exact) mass is 321 g/mol. The van der Waals surface area contributed by atoms with Gasteiger partial charge < -0.3 is 10.1 Å². The lowest BCUT2D eigenvalue weighted by molar-refractivity contribution is -0.139. The van der Waals surface area contributed by atoms with Crippen molar-refractivity contribution in [3.05, 3.63) is 66.2 Å². The van der Waals surface area contributed by atoms with Crippen molar-refractivity contribution < 1.29 is 14.3 Å². The van der Waals surface area contributed by atoms with Crippen molar-refractivity contribution in [2.24, 2.45) is 5.92 Å². The molecule has 0 aliphatic carbocycles. The number of amides is 1. The number of fused-ring (bicyclic) bond motifs is 1. The van der Waals surface area contributed by atoms with Gasteiger partial charge in [-0.1, -0.05) is 49.4 Å². The minimum atomic E-state index is -0.279. The van der Waals surface area contributed by atoms with Crippen molar-refractivity contribution in [2.75, 3.05) is 5.32 Å². The van der Waals surface area contributed by atoms with Gasteiger partial charge in [0.2, 0.25) is 0 Å². The first-order valence-electron chi connectivity index (χ1n) is 8.06. The molecule has 1 heterocycles. The Balaban J connectivity index is 1.72. The first-order chi connectivity index (χ1) is 11.7. The zero-order chi connectivity index (χ0) is 16.9. The van der Waals surface area contributed by atoms with Gasteiger partial charge in [-0.05, 0) is 31.0 Å². The van der Waals surface area contributed by atoms with Crippen molar-refractivity contribution in [3.63, 3.8) is 0 Å². The van der Waals surface area contributed by atoms with Crippen LogP contribution >= 0.6 is 0 Å². The van der Waals surface area contributed by atoms with Crippen LogP contribution in [0.1, 0.15) is 25.3 Å². The molecule has 0 aromatic heterocycles. The predicted molar refractivity (Wildman–Crippen MR) is 93.5 cm³/mol. The van der Waals surface area contributed by atoms with Gasteiger partial charge in [-0.25, -0.2) is 0 Å². The zero-order valence-corrected chi connectivity index (χ0v) is 13.5. The van der Waals surface area contributed by atoms with Crippen molar-refractivity contribution >= 4 is 23.1 Å². The summed E-state index contributed by atoms with van der Waals surface area (Å²) in [4.78, 5) is 24.4. The maximum atomic E-state index is 12.3. The highest BCUT2D eigenvalue weighted by Gasteiger charge is 2.25. The molecule has 0 fully saturated rings. The zero-order valence-electron chi connectivity index (χ0n) is 13.5. The van der Waals surface area contributed by atoms with E-state index in [1.807, 2.05) is 55.5 Å². The number of ether oxygens (including phenoxy) is 1. The van der Waals surface area contributed by atoms with Crippen LogP contribution in [0.15, 0.2) is 60.7 Å². The van der Waals surface area contributed by atoms with Crippen molar-refractivity contribution in [1.29, 1.82) is 0 Å². The lowest BCUT2D eigenvalue weighted by atomic mass is 9.98. The number of rotatable bonds is 5. The van der Waals surface area contributed by atoms with Crippen molar-refractivity contribution in [1.82, 2.24) is 0 Å². The lowest BCUT2D eigenvalue weighted by Gasteiger charge is -2.12. The smallest absolute Gasteiger partial charge is 0.314 e. The molecule has 0 spiro atoms. The molecule has 1 aliphatic rings. The van der Waals surface area contributed by atoms with Crippen LogP contribution in [-0.4, -0.2) is 11.9 Å². The van der Waals surface area contributed by atoms with Crippen LogP contribution in [-0.2, 0) is 9.59 Å². The minimum Gasteiger partial charge on any atom is -0.426 e. The third-order valence-electron chi connectivity index (χ3n) is 4.10. The van der Waals surface area contributed by atoms with E-state index in [1.165, 1.54) is 0 Å². The summed E-state index contributed by atoms with van der Waals surface area (Å²) < 4.78 is 5.41. The maximum absolute atomic E-state index is 12.3. The molecule has 0 saturated heterocycles. The van der Waals surface area contributed by atoms with Gasteiger partial charge in [0, 0.05) is 16.8 Å². The van der Waals surface area contributed by atoms with Crippen LogP contribution in [0.4, 0.5) is 5.69 Å². The molecule has 4 nitrogen and oxygen atoms in total. The molecular formula is C20H19NO3. The van der Waals surface area contributed by atoms with Gasteiger partial charge in [0.05, 0.1) is 5.92 Å². The molecule has 0 saturated carbocycles. The Morgan fingerprint density at radius 3 is 2.58 bits per heavy atom. The third kappa shape index (κ3) is 3.38. The molecule has 2 aromatic carbocycles. The van der Waals surface area contributed by atoms with Gasteiger partial charge in [-0.15, -0.1) is 0 Å². The average molecular weight is 321 g/mol. The molecule has 0 bridgehead atoms. The second-order valence-electron chi connectivity index (χ2n) is 5.69. The Labute approximate surface area is 141 Å². The second kappa shape index (κ2) is 7.13. The van der Waals surface area contributed by atoms with Gasteiger partial charge in [-0.3, -0.25) is 9.59 Å². The van der Waals surface area contributed by atoms with Crippen LogP contribution in [0.25, 0.3) is 5.57 Å². The van der Waals surface area contributed by atoms with Crippen LogP contribution in [0.5, 0.6) is 5.75 Å². The van der Waals surface area contributed by atoms with Gasteiger partial charge in [0.1, 0.15) is 5.75 Å². The summed E-state index contributed by atoms with van der Waals surface area (Å²) in [5.41, 5.74) is 2.32. The first-order valence-corrected chi connectivity index (χ1v) is 8.06. The van der Waals surface area contributed by atoms with Crippen LogP contribution < -0.4 is 10.1 Å². The van der Waals surface area contributed by atoms with Crippen LogP contribution in [0.2, 0.25) is 0 Å². The minimum absolute atomic E-state index is 0.123. The Hall–Kier alpha value is -2.88. The number of hydrogen-bond donors (Lipinski definition) is 1. The molecular weight excluding hydrogens is 302 g/mol. The van der Waals surface area contributed by atoms with E-state index in [9.17, 15) is 9.59 Å². The summed E-state index contributed by atoms with van der Waals surface area (Å²) in [7, 11) is 0. The summed E-state index contributed by atoms with van der Waals surface area (Å²) >= 11 is 0. The molecule has 1 atom stereocenters. The third-order valence-corrected chi connectivity index (χ3v) is 4.10. The largest absolute Gasteiger partial charge is 0.426 e. The topological polar surface area (TPSA) is 55.4 Å². The molecule has 24 heavy (non-hydrogen) atoms. The van der Waals surface area contributed by atoms with Gasteiger partial charge in [0.15, 0.2) is 0 Å². The van der Waals surface area contributed by atoms with Crippen LogP contribution in [0.3, 0.4) is 0 Å². The molecule has 1 unspecified atom stereocenters. The summed E-state index contributed by atoms with van der Waals surface area (Å²) in [6.07, 6.45) is 2.96. The van der Waals surface area contributed by atoms with E-state index in [0.717, 1.165) is 11.3 Å². The number of esters is 1. The van der Waals surface area contributed by atoms with Gasteiger partial charge in [0.25, 0.3) is 5.91 Å². The molecule has 1 amide bonds. The molecule has 1 aliphatic heterocycles. The summed E-state index contributed by atoms with van der Waals surface area (Å²) in [6, 6.07) is 16.6. The van der Waals surface area contributed by atoms with Gasteiger partial charge >= 0.3 is 5.97 Å². The Morgan fingerprint density at radius 2 is 1.83 bits per heavy atom. The number of carbonyl (C=O) groups excluding carboxylic acids is 2. The fourth-order valence-electron chi connectivity index (χ4n) is 2.72. The second-order valence-corrected chi connectivity index (χ2v) is 5.69. The maximum Gasteiger partial charge on any atom is 0.314 e. The van der Waals surface area contributed by atoms with E-state index in [0.29, 0.717) is 24.2 Å². The summed E-state index contributed by atoms with van der Waals surface area (Å²) in [5, 5.41) is 2.83. The standard InChI is InChI=1S/C20H19NO3/c1-2-14(20(23)24-15-8-4-3-5-9-15)12-13-17-16-10-6-7-11-18(16)21-19(17)22/h3-11,13-14H,2,12H2,1H3,(H,21,22). The first kappa shape index (κ1) is 16.0. The number of para-hydroxylation sites is 2. The number of hydrogen-bond acceptors (Lipinski definition) is 3. The molecule has 1 N–H and O–H groups in total. The van der Waals surface area contributed by atoms with E-state index in [-0.39, 0.29) is 17.8 Å². The number of carbonyl (C=O) groups is 2. The summed E-state index contributed by atoms with van der Waals surface area (Å²) in [5.74, 6) is -0.134. The van der Waals surface area contributed by atoms with Crippen LogP contribution in [0, 0.1) is 5.92 Å². The number of anilines is 1. The predicted octanol–water partition coefficient (Wildman–Crippen LogP) is 4.04. The van der Waals surface area contributed by atoms with E-state index in [1.54, 1.807) is 12.1 Å². The Bertz CT molecular complexity index is 780. The highest BCUT2D eigenvalue weighted by Crippen LogP contribution is 2.32. The van der Waals surface area contributed by atoms with Crippen molar-refractivity contribution in [3.8, 4) is 5.75 Å². The van der Waals surface area contributed by atoms with Crippen molar-refractivity contribution in [2.45, 2.75) is 19.8 Å². The highest BCUT2D eigenvalue weighted by atomic mass is 16.5. The number of benzene rings is 2. The number of allylic oxidation sites excluding steroid dienone is 1. The fourth-order valence-corrected chi connectivity index (χ4v) is 2.72. The fraction of sp³-hybridized carbons (Fsp3) is 0.200.